The standard InChI is InChI=1S/C14H12O4S/c1-10-5-4-6-11(9-10)14(15)12-7-2-3-8-13(12)19(16,17)18/h2-9H,1H3,(H,16,17,18). The summed E-state index contributed by atoms with van der Waals surface area (Å²) < 4.78 is 31.7. The Bertz CT molecular complexity index is 733. The molecule has 0 aliphatic heterocycles. The van der Waals surface area contributed by atoms with Gasteiger partial charge in [0.25, 0.3) is 10.1 Å². The molecule has 2 aromatic carbocycles. The number of carbonyl (C=O) groups is 1. The first kappa shape index (κ1) is 13.5. The fourth-order valence-electron chi connectivity index (χ4n) is 1.82. The molecule has 0 unspecified atom stereocenters. The van der Waals surface area contributed by atoms with Gasteiger partial charge in [0.1, 0.15) is 4.90 Å². The van der Waals surface area contributed by atoms with E-state index in [1.807, 2.05) is 13.0 Å². The van der Waals surface area contributed by atoms with E-state index in [0.29, 0.717) is 5.56 Å². The highest BCUT2D eigenvalue weighted by Crippen LogP contribution is 2.19. The SMILES string of the molecule is Cc1cccc(C(=O)c2ccccc2S(=O)(=O)O)c1. The topological polar surface area (TPSA) is 71.4 Å². The minimum atomic E-state index is -4.42. The average molecular weight is 276 g/mol. The molecule has 1 N–H and O–H groups in total. The summed E-state index contributed by atoms with van der Waals surface area (Å²) in [6.07, 6.45) is 0. The highest BCUT2D eigenvalue weighted by Gasteiger charge is 2.20. The van der Waals surface area contributed by atoms with Crippen LogP contribution in [0.25, 0.3) is 0 Å². The summed E-state index contributed by atoms with van der Waals surface area (Å²) in [4.78, 5) is 11.9. The Morgan fingerprint density at radius 1 is 1.05 bits per heavy atom. The molecule has 0 aliphatic rings. The third-order valence-corrected chi connectivity index (χ3v) is 3.60. The monoisotopic (exact) mass is 276 g/mol. The molecule has 4 nitrogen and oxygen atoms in total. The first-order valence-corrected chi connectivity index (χ1v) is 7.01. The Morgan fingerprint density at radius 3 is 2.37 bits per heavy atom. The number of hydrogen-bond acceptors (Lipinski definition) is 3. The van der Waals surface area contributed by atoms with Crippen molar-refractivity contribution in [2.75, 3.05) is 0 Å². The molecule has 0 amide bonds. The van der Waals surface area contributed by atoms with Gasteiger partial charge in [-0.15, -0.1) is 0 Å². The van der Waals surface area contributed by atoms with Crippen molar-refractivity contribution in [1.82, 2.24) is 0 Å². The maximum absolute atomic E-state index is 12.3. The van der Waals surface area contributed by atoms with Crippen molar-refractivity contribution in [2.24, 2.45) is 0 Å². The van der Waals surface area contributed by atoms with E-state index in [9.17, 15) is 13.2 Å². The van der Waals surface area contributed by atoms with Crippen LogP contribution in [0.15, 0.2) is 53.4 Å². The molecule has 0 aromatic heterocycles. The van der Waals surface area contributed by atoms with Gasteiger partial charge >= 0.3 is 0 Å². The van der Waals surface area contributed by atoms with Crippen molar-refractivity contribution in [3.05, 3.63) is 65.2 Å². The molecule has 0 fully saturated rings. The predicted octanol–water partition coefficient (Wildman–Crippen LogP) is 2.47. The van der Waals surface area contributed by atoms with E-state index >= 15 is 0 Å². The van der Waals surface area contributed by atoms with Gasteiger partial charge in [-0.2, -0.15) is 8.42 Å². The molecule has 0 spiro atoms. The minimum absolute atomic E-state index is 0.0319. The van der Waals surface area contributed by atoms with Crippen molar-refractivity contribution >= 4 is 15.9 Å². The lowest BCUT2D eigenvalue weighted by atomic mass is 10.0. The molecule has 0 bridgehead atoms. The number of benzene rings is 2. The third kappa shape index (κ3) is 2.89. The van der Waals surface area contributed by atoms with E-state index < -0.39 is 15.9 Å². The molecular weight excluding hydrogens is 264 g/mol. The summed E-state index contributed by atoms with van der Waals surface area (Å²) in [7, 11) is -4.42. The zero-order valence-electron chi connectivity index (χ0n) is 10.2. The van der Waals surface area contributed by atoms with Gasteiger partial charge in [0.05, 0.1) is 0 Å². The molecule has 0 aliphatic carbocycles. The van der Waals surface area contributed by atoms with Crippen molar-refractivity contribution in [3.63, 3.8) is 0 Å². The number of aryl methyl sites for hydroxylation is 1. The van der Waals surface area contributed by atoms with Gasteiger partial charge in [0.15, 0.2) is 5.78 Å². The summed E-state index contributed by atoms with van der Waals surface area (Å²) >= 11 is 0. The molecule has 2 aromatic rings. The molecular formula is C14H12O4S. The lowest BCUT2D eigenvalue weighted by Gasteiger charge is -2.06. The van der Waals surface area contributed by atoms with Crippen molar-refractivity contribution < 1.29 is 17.8 Å². The zero-order valence-corrected chi connectivity index (χ0v) is 11.0. The van der Waals surface area contributed by atoms with E-state index in [2.05, 4.69) is 0 Å². The van der Waals surface area contributed by atoms with Gasteiger partial charge in [-0.1, -0.05) is 35.9 Å². The summed E-state index contributed by atoms with van der Waals surface area (Å²) in [6.45, 7) is 1.84. The van der Waals surface area contributed by atoms with Crippen LogP contribution in [0.4, 0.5) is 0 Å². The van der Waals surface area contributed by atoms with E-state index in [1.165, 1.54) is 18.2 Å². The maximum atomic E-state index is 12.3. The molecule has 5 heteroatoms. The second-order valence-electron chi connectivity index (χ2n) is 4.17. The Morgan fingerprint density at radius 2 is 1.74 bits per heavy atom. The lowest BCUT2D eigenvalue weighted by molar-refractivity contribution is 0.103. The summed E-state index contributed by atoms with van der Waals surface area (Å²) in [5.74, 6) is -0.433. The predicted molar refractivity (Wildman–Crippen MR) is 70.9 cm³/mol. The fourth-order valence-corrected chi connectivity index (χ4v) is 2.51. The van der Waals surface area contributed by atoms with Gasteiger partial charge in [0, 0.05) is 11.1 Å². The smallest absolute Gasteiger partial charge is 0.289 e. The second kappa shape index (κ2) is 4.95. The Labute approximate surface area is 111 Å². The van der Waals surface area contributed by atoms with Gasteiger partial charge in [-0.3, -0.25) is 9.35 Å². The minimum Gasteiger partial charge on any atom is -0.289 e. The van der Waals surface area contributed by atoms with E-state index in [4.69, 9.17) is 4.55 Å². The molecule has 0 saturated heterocycles. The van der Waals surface area contributed by atoms with Crippen LogP contribution in [0, 0.1) is 6.92 Å². The highest BCUT2D eigenvalue weighted by molar-refractivity contribution is 7.86. The van der Waals surface area contributed by atoms with Crippen molar-refractivity contribution in [3.8, 4) is 0 Å². The van der Waals surface area contributed by atoms with Gasteiger partial charge in [-0.25, -0.2) is 0 Å². The van der Waals surface area contributed by atoms with E-state index in [0.717, 1.165) is 5.56 Å². The van der Waals surface area contributed by atoms with Gasteiger partial charge in [-0.05, 0) is 25.1 Å². The zero-order chi connectivity index (χ0) is 14.0. The van der Waals surface area contributed by atoms with Crippen LogP contribution >= 0.6 is 0 Å². The van der Waals surface area contributed by atoms with Crippen LogP contribution in [0.1, 0.15) is 21.5 Å². The number of rotatable bonds is 3. The number of carbonyl (C=O) groups excluding carboxylic acids is 1. The van der Waals surface area contributed by atoms with Crippen LogP contribution in [0.2, 0.25) is 0 Å². The van der Waals surface area contributed by atoms with E-state index in [1.54, 1.807) is 24.3 Å². The van der Waals surface area contributed by atoms with Gasteiger partial charge in [0.2, 0.25) is 0 Å². The molecule has 0 saturated carbocycles. The van der Waals surface area contributed by atoms with Gasteiger partial charge < -0.3 is 0 Å². The first-order chi connectivity index (χ1) is 8.89. The van der Waals surface area contributed by atoms with Crippen LogP contribution in [-0.2, 0) is 10.1 Å². The second-order valence-corrected chi connectivity index (χ2v) is 5.56. The molecule has 0 heterocycles. The van der Waals surface area contributed by atoms with Crippen LogP contribution in [0.5, 0.6) is 0 Å². The van der Waals surface area contributed by atoms with Crippen molar-refractivity contribution in [2.45, 2.75) is 11.8 Å². The largest absolute Gasteiger partial charge is 0.295 e. The van der Waals surface area contributed by atoms with Crippen LogP contribution in [0.3, 0.4) is 0 Å². The number of hydrogen-bond donors (Lipinski definition) is 1. The third-order valence-electron chi connectivity index (χ3n) is 2.69. The van der Waals surface area contributed by atoms with Crippen LogP contribution in [-0.4, -0.2) is 18.8 Å². The Balaban J connectivity index is 2.57. The molecule has 0 atom stereocenters. The highest BCUT2D eigenvalue weighted by atomic mass is 32.2. The summed E-state index contributed by atoms with van der Waals surface area (Å²) in [5, 5.41) is 0. The normalized spacial score (nSPS) is 11.3. The quantitative estimate of drug-likeness (QED) is 0.690. The van der Waals surface area contributed by atoms with Crippen LogP contribution < -0.4 is 0 Å². The molecule has 98 valence electrons. The number of ketones is 1. The average Bonchev–Trinajstić information content (AvgIpc) is 2.37. The molecule has 0 radical (unpaired) electrons. The maximum Gasteiger partial charge on any atom is 0.295 e. The lowest BCUT2D eigenvalue weighted by Crippen LogP contribution is -2.09. The molecule has 19 heavy (non-hydrogen) atoms. The first-order valence-electron chi connectivity index (χ1n) is 5.57. The summed E-state index contributed by atoms with van der Waals surface area (Å²) in [5.41, 5.74) is 1.25. The Kier molecular flexibility index (Phi) is 3.50. The fraction of sp³-hybridized carbons (Fsp3) is 0.0714. The Hall–Kier alpha value is -1.98. The molecule has 2 rings (SSSR count). The van der Waals surface area contributed by atoms with E-state index in [-0.39, 0.29) is 10.5 Å². The summed E-state index contributed by atoms with van der Waals surface area (Å²) in [6, 6.07) is 12.4. The van der Waals surface area contributed by atoms with Crippen molar-refractivity contribution in [1.29, 1.82) is 0 Å².